The Hall–Kier alpha value is -1.40. The van der Waals surface area contributed by atoms with E-state index in [1.807, 2.05) is 13.0 Å². The van der Waals surface area contributed by atoms with E-state index >= 15 is 0 Å². The molecular formula is C27H42ClN3O3. The first kappa shape index (κ1) is 25.7. The number of nitrogens with one attached hydrogen (secondary N) is 2. The Morgan fingerprint density at radius 1 is 1.15 bits per heavy atom. The van der Waals surface area contributed by atoms with Gasteiger partial charge in [0.1, 0.15) is 0 Å². The van der Waals surface area contributed by atoms with Crippen molar-refractivity contribution in [2.45, 2.75) is 91.0 Å². The predicted molar refractivity (Wildman–Crippen MR) is 136 cm³/mol. The zero-order valence-corrected chi connectivity index (χ0v) is 21.8. The van der Waals surface area contributed by atoms with Crippen molar-refractivity contribution in [2.24, 2.45) is 39.7 Å². The maximum absolute atomic E-state index is 12.2. The van der Waals surface area contributed by atoms with Crippen molar-refractivity contribution in [3.05, 3.63) is 11.6 Å². The van der Waals surface area contributed by atoms with Crippen LogP contribution < -0.4 is 10.6 Å². The van der Waals surface area contributed by atoms with Crippen LogP contribution in [0.25, 0.3) is 0 Å². The van der Waals surface area contributed by atoms with Gasteiger partial charge in [-0.2, -0.15) is 0 Å². The van der Waals surface area contributed by atoms with Gasteiger partial charge in [-0.15, -0.1) is 12.4 Å². The number of carbonyl (C=O) groups is 2. The number of hydrogen-bond donors (Lipinski definition) is 2. The molecule has 5 aliphatic rings. The summed E-state index contributed by atoms with van der Waals surface area (Å²) in [6, 6.07) is 0.349. The molecule has 7 heteroatoms. The van der Waals surface area contributed by atoms with E-state index in [2.05, 4.69) is 29.6 Å². The molecule has 34 heavy (non-hydrogen) atoms. The molecule has 1 amide bonds. The molecule has 0 aromatic carbocycles. The number of hydrogen-bond acceptors (Lipinski definition) is 5. The van der Waals surface area contributed by atoms with E-state index in [1.165, 1.54) is 31.3 Å². The first-order chi connectivity index (χ1) is 15.8. The smallest absolute Gasteiger partial charge is 0.318 e. The average Bonchev–Trinajstić information content (AvgIpc) is 3.44. The number of allylic oxidation sites excluding steroid dienone is 1. The number of rotatable bonds is 4. The van der Waals surface area contributed by atoms with Gasteiger partial charge in [-0.05, 0) is 106 Å². The van der Waals surface area contributed by atoms with Gasteiger partial charge in [-0.3, -0.25) is 9.63 Å². The summed E-state index contributed by atoms with van der Waals surface area (Å²) in [6.45, 7) is 8.58. The van der Waals surface area contributed by atoms with Crippen molar-refractivity contribution in [2.75, 3.05) is 13.1 Å². The van der Waals surface area contributed by atoms with Gasteiger partial charge >= 0.3 is 6.09 Å². The maximum Gasteiger partial charge on any atom is 0.433 e. The van der Waals surface area contributed by atoms with Gasteiger partial charge in [0, 0.05) is 24.9 Å². The van der Waals surface area contributed by atoms with Gasteiger partial charge in [-0.1, -0.05) is 24.6 Å². The van der Waals surface area contributed by atoms with E-state index in [1.54, 1.807) is 0 Å². The molecular weight excluding hydrogens is 450 g/mol. The number of nitrogens with zero attached hydrogens (tertiary/aromatic N) is 1. The second kappa shape index (κ2) is 9.93. The third-order valence-electron chi connectivity index (χ3n) is 10.4. The van der Waals surface area contributed by atoms with Gasteiger partial charge in [-0.25, -0.2) is 4.79 Å². The monoisotopic (exact) mass is 491 g/mol. The van der Waals surface area contributed by atoms with Crippen molar-refractivity contribution in [1.29, 1.82) is 0 Å². The van der Waals surface area contributed by atoms with Crippen LogP contribution in [0.3, 0.4) is 0 Å². The van der Waals surface area contributed by atoms with Gasteiger partial charge < -0.3 is 10.6 Å². The zero-order chi connectivity index (χ0) is 23.2. The number of carbonyl (C=O) groups excluding carboxylic acids is 2. The van der Waals surface area contributed by atoms with Gasteiger partial charge in [0.05, 0.1) is 5.71 Å². The second-order valence-corrected chi connectivity index (χ2v) is 11.9. The molecule has 0 unspecified atom stereocenters. The molecule has 1 heterocycles. The van der Waals surface area contributed by atoms with Crippen LogP contribution in [0.4, 0.5) is 4.79 Å². The van der Waals surface area contributed by atoms with E-state index in [0.29, 0.717) is 36.1 Å². The lowest BCUT2D eigenvalue weighted by Crippen LogP contribution is -2.51. The number of fused-ring (bicyclic) bond motifs is 5. The van der Waals surface area contributed by atoms with E-state index < -0.39 is 6.09 Å². The lowest BCUT2D eigenvalue weighted by atomic mass is 9.46. The van der Waals surface area contributed by atoms with Crippen molar-refractivity contribution >= 4 is 30.0 Å². The summed E-state index contributed by atoms with van der Waals surface area (Å²) in [5, 5.41) is 10.5. The van der Waals surface area contributed by atoms with Crippen LogP contribution in [0.5, 0.6) is 0 Å². The molecule has 0 aromatic heterocycles. The van der Waals surface area contributed by atoms with Crippen LogP contribution in [-0.4, -0.2) is 36.7 Å². The summed E-state index contributed by atoms with van der Waals surface area (Å²) < 4.78 is 0. The Morgan fingerprint density at radius 3 is 2.74 bits per heavy atom. The highest BCUT2D eigenvalue weighted by molar-refractivity contribution is 5.91. The van der Waals surface area contributed by atoms with Crippen molar-refractivity contribution in [3.63, 3.8) is 0 Å². The molecule has 4 aliphatic carbocycles. The molecule has 1 aliphatic heterocycles. The van der Waals surface area contributed by atoms with Gasteiger partial charge in [0.25, 0.3) is 0 Å². The zero-order valence-electron chi connectivity index (χ0n) is 21.0. The Kier molecular flexibility index (Phi) is 7.50. The van der Waals surface area contributed by atoms with Crippen LogP contribution in [0, 0.1) is 34.5 Å². The highest BCUT2D eigenvalue weighted by Gasteiger charge is 2.59. The van der Waals surface area contributed by atoms with E-state index in [0.717, 1.165) is 56.7 Å². The quantitative estimate of drug-likeness (QED) is 0.313. The summed E-state index contributed by atoms with van der Waals surface area (Å²) in [6.07, 6.45) is 12.7. The van der Waals surface area contributed by atoms with Crippen molar-refractivity contribution in [3.8, 4) is 0 Å². The molecule has 2 N–H and O–H groups in total. The highest BCUT2D eigenvalue weighted by atomic mass is 35.5. The third-order valence-corrected chi connectivity index (χ3v) is 10.4. The Morgan fingerprint density at radius 2 is 1.97 bits per heavy atom. The second-order valence-electron chi connectivity index (χ2n) is 11.9. The first-order valence-electron chi connectivity index (χ1n) is 13.3. The van der Waals surface area contributed by atoms with Crippen LogP contribution in [-0.2, 0) is 9.63 Å². The standard InChI is InChI=1S/C27H41N3O3.ClH/c1-17(30-33-25(32)29-16-19-5-4-14-28-19)22-8-9-23-21-7-6-18-15-20(31)10-12-26(18,2)24(21)11-13-27(22,23)3;/h15,19,21-24,28H,4-14,16H2,1-3H3,(H,29,32);1H/b30-17+;/t19-,21-,22+,23-,24-,26-,27+;/m0./s1. The third kappa shape index (κ3) is 4.45. The fraction of sp³-hybridized carbons (Fsp3) is 0.815. The maximum atomic E-state index is 12.2. The number of halogens is 1. The molecule has 0 bridgehead atoms. The molecule has 1 saturated heterocycles. The summed E-state index contributed by atoms with van der Waals surface area (Å²) in [5.74, 6) is 2.85. The molecule has 7 atom stereocenters. The van der Waals surface area contributed by atoms with E-state index in [-0.39, 0.29) is 23.2 Å². The van der Waals surface area contributed by atoms with Crippen LogP contribution >= 0.6 is 12.4 Å². The van der Waals surface area contributed by atoms with Crippen LogP contribution in [0.2, 0.25) is 0 Å². The molecule has 3 saturated carbocycles. The fourth-order valence-electron chi connectivity index (χ4n) is 8.59. The summed E-state index contributed by atoms with van der Waals surface area (Å²) in [7, 11) is 0. The molecule has 190 valence electrons. The van der Waals surface area contributed by atoms with Crippen LogP contribution in [0.15, 0.2) is 16.8 Å². The van der Waals surface area contributed by atoms with Crippen molar-refractivity contribution in [1.82, 2.24) is 10.6 Å². The molecule has 0 aromatic rings. The lowest BCUT2D eigenvalue weighted by molar-refractivity contribution is -0.117. The topological polar surface area (TPSA) is 79.8 Å². The first-order valence-corrected chi connectivity index (χ1v) is 13.3. The Labute approximate surface area is 210 Å². The highest BCUT2D eigenvalue weighted by Crippen LogP contribution is 2.66. The number of oxime groups is 1. The minimum absolute atomic E-state index is 0. The summed E-state index contributed by atoms with van der Waals surface area (Å²) >= 11 is 0. The minimum atomic E-state index is -0.446. The predicted octanol–water partition coefficient (Wildman–Crippen LogP) is 5.41. The van der Waals surface area contributed by atoms with Gasteiger partial charge in [0.15, 0.2) is 5.78 Å². The normalized spacial score (nSPS) is 41.5. The summed E-state index contributed by atoms with van der Waals surface area (Å²) in [5.41, 5.74) is 2.85. The van der Waals surface area contributed by atoms with Gasteiger partial charge in [0.2, 0.25) is 0 Å². The minimum Gasteiger partial charge on any atom is -0.318 e. The van der Waals surface area contributed by atoms with Crippen LogP contribution in [0.1, 0.15) is 85.0 Å². The molecule has 0 spiro atoms. The average molecular weight is 492 g/mol. The molecule has 0 radical (unpaired) electrons. The molecule has 5 rings (SSSR count). The Bertz CT molecular complexity index is 867. The number of amides is 1. The lowest BCUT2D eigenvalue weighted by Gasteiger charge is -2.58. The molecule has 4 fully saturated rings. The van der Waals surface area contributed by atoms with E-state index in [4.69, 9.17) is 4.84 Å². The van der Waals surface area contributed by atoms with E-state index in [9.17, 15) is 9.59 Å². The van der Waals surface area contributed by atoms with Crippen molar-refractivity contribution < 1.29 is 14.4 Å². The SMILES string of the molecule is C/C(=N\OC(=O)NC[C@@H]1CCCN1)[C@H]1CC[C@H]2[C@@H]3CCC4=CC(=O)CC[C@]4(C)[C@H]3CC[C@]12C.Cl. The largest absolute Gasteiger partial charge is 0.433 e. The number of ketones is 1. The fourth-order valence-corrected chi connectivity index (χ4v) is 8.59. The summed E-state index contributed by atoms with van der Waals surface area (Å²) in [4.78, 5) is 29.5. The Balaban J connectivity index is 0.00000274. The molecule has 6 nitrogen and oxygen atoms in total.